The number of halogens is 4. The van der Waals surface area contributed by atoms with E-state index in [2.05, 4.69) is 10.2 Å². The van der Waals surface area contributed by atoms with Crippen molar-refractivity contribution in [2.75, 3.05) is 26.2 Å². The van der Waals surface area contributed by atoms with E-state index in [1.807, 2.05) is 0 Å². The molecular formula is C15H20ClF3N2. The van der Waals surface area contributed by atoms with Gasteiger partial charge in [0.25, 0.3) is 0 Å². The largest absolute Gasteiger partial charge is 0.314 e. The number of benzene rings is 1. The molecule has 1 aromatic rings. The third kappa shape index (κ3) is 3.90. The summed E-state index contributed by atoms with van der Waals surface area (Å²) in [5, 5.41) is 3.26. The molecule has 1 N–H and O–H groups in total. The summed E-state index contributed by atoms with van der Waals surface area (Å²) in [4.78, 5) is 2.19. The summed E-state index contributed by atoms with van der Waals surface area (Å²) >= 11 is 0. The highest BCUT2D eigenvalue weighted by Gasteiger charge is 2.32. The molecule has 0 bridgehead atoms. The van der Waals surface area contributed by atoms with Crippen LogP contribution in [-0.2, 0) is 0 Å². The van der Waals surface area contributed by atoms with Crippen LogP contribution in [0.3, 0.4) is 0 Å². The van der Waals surface area contributed by atoms with Crippen LogP contribution in [0, 0.1) is 23.4 Å². The van der Waals surface area contributed by atoms with E-state index in [4.69, 9.17) is 0 Å². The minimum absolute atomic E-state index is 0. The molecule has 6 heteroatoms. The Morgan fingerprint density at radius 1 is 1.05 bits per heavy atom. The molecule has 0 amide bonds. The smallest absolute Gasteiger partial charge is 0.161 e. The van der Waals surface area contributed by atoms with Crippen LogP contribution in [0.5, 0.6) is 0 Å². The van der Waals surface area contributed by atoms with E-state index >= 15 is 0 Å². The van der Waals surface area contributed by atoms with Crippen LogP contribution in [0.15, 0.2) is 12.1 Å². The standard InChI is InChI=1S/C15H19F3N2.ClH/c16-12-9-14(18)13(17)8-11(12)15(7-10-1-2-10)20-5-3-19-4-6-20;/h8-10,15,19H,1-7H2;1H/t15-;/m1./s1. The second kappa shape index (κ2) is 6.99. The Labute approximate surface area is 129 Å². The van der Waals surface area contributed by atoms with Gasteiger partial charge < -0.3 is 5.32 Å². The Morgan fingerprint density at radius 2 is 1.67 bits per heavy atom. The van der Waals surface area contributed by atoms with Crippen molar-refractivity contribution >= 4 is 12.4 Å². The van der Waals surface area contributed by atoms with E-state index < -0.39 is 17.5 Å². The second-order valence-electron chi connectivity index (χ2n) is 5.77. The third-order valence-electron chi connectivity index (χ3n) is 4.24. The van der Waals surface area contributed by atoms with Crippen LogP contribution in [-0.4, -0.2) is 31.1 Å². The molecule has 1 aromatic carbocycles. The fraction of sp³-hybridized carbons (Fsp3) is 0.600. The number of rotatable bonds is 4. The maximum Gasteiger partial charge on any atom is 0.161 e. The van der Waals surface area contributed by atoms with Crippen LogP contribution in [0.25, 0.3) is 0 Å². The van der Waals surface area contributed by atoms with Gasteiger partial charge in [0.05, 0.1) is 0 Å². The fourth-order valence-electron chi connectivity index (χ4n) is 2.93. The van der Waals surface area contributed by atoms with Crippen molar-refractivity contribution in [1.29, 1.82) is 0 Å². The maximum absolute atomic E-state index is 14.1. The molecule has 1 aliphatic heterocycles. The van der Waals surface area contributed by atoms with Gasteiger partial charge in [0.15, 0.2) is 11.6 Å². The zero-order valence-electron chi connectivity index (χ0n) is 11.7. The van der Waals surface area contributed by atoms with E-state index in [9.17, 15) is 13.2 Å². The molecule has 1 saturated carbocycles. The molecule has 118 valence electrons. The predicted octanol–water partition coefficient (Wildman–Crippen LogP) is 3.27. The second-order valence-corrected chi connectivity index (χ2v) is 5.77. The van der Waals surface area contributed by atoms with Gasteiger partial charge in [-0.25, -0.2) is 13.2 Å². The predicted molar refractivity (Wildman–Crippen MR) is 78.1 cm³/mol. The van der Waals surface area contributed by atoms with Crippen molar-refractivity contribution in [3.63, 3.8) is 0 Å². The Balaban J connectivity index is 0.00000161. The highest BCUT2D eigenvalue weighted by molar-refractivity contribution is 5.85. The Kier molecular flexibility index (Phi) is 5.52. The molecule has 0 spiro atoms. The van der Waals surface area contributed by atoms with Crippen molar-refractivity contribution in [3.05, 3.63) is 35.1 Å². The Morgan fingerprint density at radius 3 is 2.29 bits per heavy atom. The summed E-state index contributed by atoms with van der Waals surface area (Å²) in [6.07, 6.45) is 3.16. The van der Waals surface area contributed by atoms with Crippen LogP contribution >= 0.6 is 12.4 Å². The lowest BCUT2D eigenvalue weighted by atomic mass is 9.98. The van der Waals surface area contributed by atoms with Gasteiger partial charge >= 0.3 is 0 Å². The van der Waals surface area contributed by atoms with Crippen molar-refractivity contribution in [1.82, 2.24) is 10.2 Å². The van der Waals surface area contributed by atoms with Gasteiger partial charge in [0.2, 0.25) is 0 Å². The minimum atomic E-state index is -1.11. The molecule has 3 rings (SSSR count). The molecule has 0 aromatic heterocycles. The summed E-state index contributed by atoms with van der Waals surface area (Å²) < 4.78 is 40.6. The third-order valence-corrected chi connectivity index (χ3v) is 4.24. The van der Waals surface area contributed by atoms with E-state index in [0.717, 1.165) is 51.5 Å². The van der Waals surface area contributed by atoms with Crippen molar-refractivity contribution in [2.24, 2.45) is 5.92 Å². The topological polar surface area (TPSA) is 15.3 Å². The van der Waals surface area contributed by atoms with E-state index in [-0.39, 0.29) is 18.4 Å². The lowest BCUT2D eigenvalue weighted by molar-refractivity contribution is 0.157. The normalized spacial score (nSPS) is 20.9. The van der Waals surface area contributed by atoms with E-state index in [1.165, 1.54) is 0 Å². The number of hydrogen-bond donors (Lipinski definition) is 1. The van der Waals surface area contributed by atoms with E-state index in [0.29, 0.717) is 17.5 Å². The zero-order chi connectivity index (χ0) is 14.1. The summed E-state index contributed by atoms with van der Waals surface area (Å²) in [7, 11) is 0. The molecule has 2 nitrogen and oxygen atoms in total. The van der Waals surface area contributed by atoms with Crippen LogP contribution in [0.1, 0.15) is 30.9 Å². The van der Waals surface area contributed by atoms with Crippen molar-refractivity contribution in [2.45, 2.75) is 25.3 Å². The summed E-state index contributed by atoms with van der Waals surface area (Å²) in [5.74, 6) is -2.11. The average Bonchev–Trinajstić information content (AvgIpc) is 3.26. The van der Waals surface area contributed by atoms with Crippen LogP contribution < -0.4 is 5.32 Å². The SMILES string of the molecule is Cl.Fc1cc(F)c([C@@H](CC2CC2)N2CCNCC2)cc1F. The van der Waals surface area contributed by atoms with Gasteiger partial charge in [-0.15, -0.1) is 12.4 Å². The monoisotopic (exact) mass is 320 g/mol. The average molecular weight is 321 g/mol. The zero-order valence-corrected chi connectivity index (χ0v) is 12.6. The minimum Gasteiger partial charge on any atom is -0.314 e. The van der Waals surface area contributed by atoms with Crippen LogP contribution in [0.2, 0.25) is 0 Å². The molecular weight excluding hydrogens is 301 g/mol. The highest BCUT2D eigenvalue weighted by Crippen LogP contribution is 2.41. The number of piperazine rings is 1. The van der Waals surface area contributed by atoms with Gasteiger partial charge in [-0.3, -0.25) is 4.90 Å². The first-order chi connectivity index (χ1) is 9.65. The molecule has 0 radical (unpaired) electrons. The molecule has 1 heterocycles. The fourth-order valence-corrected chi connectivity index (χ4v) is 2.93. The summed E-state index contributed by atoms with van der Waals surface area (Å²) in [6, 6.07) is 1.58. The first-order valence-corrected chi connectivity index (χ1v) is 7.24. The highest BCUT2D eigenvalue weighted by atomic mass is 35.5. The lowest BCUT2D eigenvalue weighted by Crippen LogP contribution is -2.45. The molecule has 1 aliphatic carbocycles. The molecule has 0 unspecified atom stereocenters. The molecule has 1 saturated heterocycles. The van der Waals surface area contributed by atoms with Gasteiger partial charge in [-0.1, -0.05) is 12.8 Å². The quantitative estimate of drug-likeness (QED) is 0.857. The van der Waals surface area contributed by atoms with Gasteiger partial charge in [-0.05, 0) is 18.4 Å². The first-order valence-electron chi connectivity index (χ1n) is 7.24. The Bertz CT molecular complexity index is 488. The summed E-state index contributed by atoms with van der Waals surface area (Å²) in [5.41, 5.74) is 0.303. The number of nitrogens with one attached hydrogen (secondary N) is 1. The summed E-state index contributed by atoms with van der Waals surface area (Å²) in [6.45, 7) is 3.34. The molecule has 2 aliphatic rings. The molecule has 21 heavy (non-hydrogen) atoms. The van der Waals surface area contributed by atoms with Crippen LogP contribution in [0.4, 0.5) is 13.2 Å². The number of nitrogens with zero attached hydrogens (tertiary/aromatic N) is 1. The van der Waals surface area contributed by atoms with Gasteiger partial charge in [0.1, 0.15) is 5.82 Å². The van der Waals surface area contributed by atoms with Crippen molar-refractivity contribution < 1.29 is 13.2 Å². The molecule has 2 fully saturated rings. The molecule has 1 atom stereocenters. The van der Waals surface area contributed by atoms with Crippen molar-refractivity contribution in [3.8, 4) is 0 Å². The maximum atomic E-state index is 14.1. The first kappa shape index (κ1) is 16.6. The lowest BCUT2D eigenvalue weighted by Gasteiger charge is -2.35. The Hall–Kier alpha value is -0.780. The number of hydrogen-bond acceptors (Lipinski definition) is 2. The van der Waals surface area contributed by atoms with E-state index in [1.54, 1.807) is 0 Å². The van der Waals surface area contributed by atoms with Gasteiger partial charge in [-0.2, -0.15) is 0 Å². The van der Waals surface area contributed by atoms with Gasteiger partial charge in [0, 0.05) is 43.9 Å².